The number of aromatic nitrogens is 5. The summed E-state index contributed by atoms with van der Waals surface area (Å²) < 4.78 is 49.6. The minimum atomic E-state index is -4.42. The lowest BCUT2D eigenvalue weighted by molar-refractivity contribution is -0.137. The zero-order valence-corrected chi connectivity index (χ0v) is 34.0. The number of pyridine rings is 3. The number of piperidine rings is 2. The number of likely N-dealkylation sites (tertiary alicyclic amines) is 2. The fourth-order valence-corrected chi connectivity index (χ4v) is 6.74. The Bertz CT molecular complexity index is 2230. The second kappa shape index (κ2) is 23.3. The van der Waals surface area contributed by atoms with Crippen molar-refractivity contribution in [2.75, 3.05) is 30.3 Å². The van der Waals surface area contributed by atoms with Crippen molar-refractivity contribution in [2.24, 2.45) is 0 Å². The molecule has 326 valence electrons. The van der Waals surface area contributed by atoms with E-state index in [1.807, 2.05) is 23.1 Å². The first-order chi connectivity index (χ1) is 30.2. The maximum Gasteiger partial charge on any atom is 0.417 e. The Morgan fingerprint density at radius 3 is 1.87 bits per heavy atom. The molecule has 2 aromatic carbocycles. The van der Waals surface area contributed by atoms with Gasteiger partial charge in [-0.2, -0.15) is 23.4 Å². The van der Waals surface area contributed by atoms with E-state index in [2.05, 4.69) is 40.7 Å². The number of halogens is 3. The van der Waals surface area contributed by atoms with Gasteiger partial charge in [0.15, 0.2) is 0 Å². The van der Waals surface area contributed by atoms with E-state index in [0.29, 0.717) is 60.3 Å². The molecule has 8 rings (SSSR count). The maximum absolute atomic E-state index is 13.0. The van der Waals surface area contributed by atoms with Gasteiger partial charge in [0.05, 0.1) is 35.4 Å². The van der Waals surface area contributed by atoms with E-state index in [-0.39, 0.29) is 14.8 Å². The van der Waals surface area contributed by atoms with Crippen LogP contribution in [0.5, 0.6) is 23.0 Å². The van der Waals surface area contributed by atoms with Gasteiger partial charge < -0.3 is 20.1 Å². The zero-order valence-electron chi connectivity index (χ0n) is 34.0. The summed E-state index contributed by atoms with van der Waals surface area (Å²) >= 11 is 0. The number of alkyl halides is 3. The van der Waals surface area contributed by atoms with Crippen LogP contribution in [-0.4, -0.2) is 72.9 Å². The topological polar surface area (TPSA) is 148 Å². The van der Waals surface area contributed by atoms with Gasteiger partial charge in [-0.15, -0.1) is 0 Å². The highest BCUT2D eigenvalue weighted by atomic mass is 19.4. The molecule has 2 aliphatic rings. The molecule has 62 heavy (non-hydrogen) atoms. The van der Waals surface area contributed by atoms with Crippen molar-refractivity contribution < 1.29 is 35.1 Å². The van der Waals surface area contributed by atoms with Gasteiger partial charge in [0.25, 0.3) is 0 Å². The van der Waals surface area contributed by atoms with E-state index in [4.69, 9.17) is 9.47 Å². The third-order valence-corrected chi connectivity index (χ3v) is 9.84. The van der Waals surface area contributed by atoms with Gasteiger partial charge in [-0.05, 0) is 142 Å². The summed E-state index contributed by atoms with van der Waals surface area (Å²) in [6, 6.07) is 27.3. The molecule has 0 aliphatic carbocycles. The third kappa shape index (κ3) is 14.7. The lowest BCUT2D eigenvalue weighted by atomic mass is 10.0. The quantitative estimate of drug-likeness (QED) is 0.113. The monoisotopic (exact) mass is 851 g/mol. The zero-order chi connectivity index (χ0) is 43.4. The smallest absolute Gasteiger partial charge is 0.417 e. The SMILES string of the molecule is O=C(Nc1ccc(Oc2cccnc2)cc1)[C@H]1CCCCN1Cc1ccc(C(F)(F)F)cn1.O=CNc1ccc(Oc2cccnc2)cc1.[HH].[HH].c1cnnc(CN2CCCCC2)c1. The van der Waals surface area contributed by atoms with Crippen LogP contribution in [0, 0.1) is 0 Å². The van der Waals surface area contributed by atoms with Gasteiger partial charge in [0.1, 0.15) is 23.0 Å². The molecular weight excluding hydrogens is 800 g/mol. The summed E-state index contributed by atoms with van der Waals surface area (Å²) in [4.78, 5) is 39.5. The van der Waals surface area contributed by atoms with E-state index in [1.54, 1.807) is 97.7 Å². The summed E-state index contributed by atoms with van der Waals surface area (Å²) in [6.45, 7) is 4.40. The molecular formula is C46H52F3N9O4. The number of hydrogen-bond acceptors (Lipinski definition) is 11. The van der Waals surface area contributed by atoms with Crippen LogP contribution in [0.3, 0.4) is 0 Å². The molecule has 16 heteroatoms. The van der Waals surface area contributed by atoms with Crippen LogP contribution in [0.4, 0.5) is 24.5 Å². The highest BCUT2D eigenvalue weighted by molar-refractivity contribution is 5.95. The molecule has 0 saturated carbocycles. The van der Waals surface area contributed by atoms with Crippen molar-refractivity contribution in [2.45, 2.75) is 63.8 Å². The number of carbonyl (C=O) groups is 2. The first kappa shape index (κ1) is 44.8. The average molecular weight is 852 g/mol. The van der Waals surface area contributed by atoms with E-state index < -0.39 is 11.7 Å². The normalized spacial score (nSPS) is 15.4. The van der Waals surface area contributed by atoms with E-state index in [1.165, 1.54) is 38.4 Å². The van der Waals surface area contributed by atoms with Gasteiger partial charge in [-0.3, -0.25) is 34.3 Å². The summed E-state index contributed by atoms with van der Waals surface area (Å²) in [5.74, 6) is 2.46. The summed E-state index contributed by atoms with van der Waals surface area (Å²) in [7, 11) is 0. The summed E-state index contributed by atoms with van der Waals surface area (Å²) in [6.07, 6.45) is 11.9. The van der Waals surface area contributed by atoms with Crippen molar-refractivity contribution in [3.8, 4) is 23.0 Å². The van der Waals surface area contributed by atoms with Crippen LogP contribution in [-0.2, 0) is 28.9 Å². The van der Waals surface area contributed by atoms with Gasteiger partial charge in [0, 0.05) is 52.1 Å². The minimum absolute atomic E-state index is 0. The van der Waals surface area contributed by atoms with Crippen LogP contribution in [0.25, 0.3) is 0 Å². The number of anilines is 2. The Morgan fingerprint density at radius 1 is 0.694 bits per heavy atom. The van der Waals surface area contributed by atoms with Crippen molar-refractivity contribution in [3.05, 3.63) is 151 Å². The van der Waals surface area contributed by atoms with E-state index in [9.17, 15) is 22.8 Å². The lowest BCUT2D eigenvalue weighted by Crippen LogP contribution is -2.46. The van der Waals surface area contributed by atoms with Crippen LogP contribution in [0.15, 0.2) is 134 Å². The molecule has 2 fully saturated rings. The molecule has 2 amide bonds. The molecule has 0 spiro atoms. The highest BCUT2D eigenvalue weighted by Gasteiger charge is 2.32. The molecule has 2 saturated heterocycles. The summed E-state index contributed by atoms with van der Waals surface area (Å²) in [5, 5.41) is 13.4. The predicted molar refractivity (Wildman–Crippen MR) is 232 cm³/mol. The molecule has 0 unspecified atom stereocenters. The van der Waals surface area contributed by atoms with E-state index >= 15 is 0 Å². The van der Waals surface area contributed by atoms with Crippen LogP contribution >= 0.6 is 0 Å². The Hall–Kier alpha value is -6.78. The van der Waals surface area contributed by atoms with Crippen LogP contribution < -0.4 is 20.1 Å². The number of hydrogen-bond donors (Lipinski definition) is 2. The van der Waals surface area contributed by atoms with Gasteiger partial charge >= 0.3 is 6.18 Å². The molecule has 6 aromatic rings. The second-order valence-electron chi connectivity index (χ2n) is 14.5. The van der Waals surface area contributed by atoms with Gasteiger partial charge in [-0.1, -0.05) is 12.8 Å². The number of rotatable bonds is 12. The Morgan fingerprint density at radius 2 is 1.32 bits per heavy atom. The molecule has 0 radical (unpaired) electrons. The first-order valence-corrected chi connectivity index (χ1v) is 20.3. The molecule has 0 bridgehead atoms. The number of carbonyl (C=O) groups excluding carboxylic acids is 2. The average Bonchev–Trinajstić information content (AvgIpc) is 3.30. The number of amides is 2. The maximum atomic E-state index is 13.0. The number of nitrogens with zero attached hydrogens (tertiary/aromatic N) is 7. The first-order valence-electron chi connectivity index (χ1n) is 20.3. The van der Waals surface area contributed by atoms with Crippen molar-refractivity contribution in [1.82, 2.24) is 34.9 Å². The van der Waals surface area contributed by atoms with Crippen molar-refractivity contribution >= 4 is 23.7 Å². The Labute approximate surface area is 361 Å². The Kier molecular flexibility index (Phi) is 16.8. The minimum Gasteiger partial charge on any atom is -0.456 e. The fourth-order valence-electron chi connectivity index (χ4n) is 6.74. The van der Waals surface area contributed by atoms with Gasteiger partial charge in [0.2, 0.25) is 12.3 Å². The molecule has 13 nitrogen and oxygen atoms in total. The largest absolute Gasteiger partial charge is 0.456 e. The predicted octanol–water partition coefficient (Wildman–Crippen LogP) is 9.68. The molecule has 4 aromatic heterocycles. The number of benzene rings is 2. The van der Waals surface area contributed by atoms with Gasteiger partial charge in [-0.25, -0.2) is 0 Å². The standard InChI is InChI=1S/C24H23F3N4O2.C12H10N2O2.C10H15N3.2H2/c25-24(26,27)17-6-7-19(29-14-17)16-31-13-2-1-5-22(31)23(32)30-18-8-10-20(11-9-18)33-21-4-3-12-28-15-21;15-9-14-10-3-5-11(6-4-10)16-12-2-1-7-13-8-12;1-2-7-13(8-3-1)9-10-5-4-6-11-12-10;;/h3-4,6-12,14-15,22H,1-2,5,13,16H2,(H,30,32);1-9H,(H,14,15);4-6H,1-3,7-9H2;2*1H/t22-;;;;/m1..../s1. The van der Waals surface area contributed by atoms with Crippen molar-refractivity contribution in [1.29, 1.82) is 0 Å². The Balaban J connectivity index is 0.000000240. The number of nitrogens with one attached hydrogen (secondary N) is 2. The number of ether oxygens (including phenoxy) is 2. The summed E-state index contributed by atoms with van der Waals surface area (Å²) in [5.41, 5.74) is 2.17. The molecule has 2 N–H and O–H groups in total. The van der Waals surface area contributed by atoms with Crippen LogP contribution in [0.1, 0.15) is 58.3 Å². The second-order valence-corrected chi connectivity index (χ2v) is 14.5. The molecule has 1 atom stereocenters. The molecule has 6 heterocycles. The lowest BCUT2D eigenvalue weighted by Gasteiger charge is -2.34. The highest BCUT2D eigenvalue weighted by Crippen LogP contribution is 2.29. The third-order valence-electron chi connectivity index (χ3n) is 9.84. The molecule has 2 aliphatic heterocycles. The van der Waals surface area contributed by atoms with Crippen molar-refractivity contribution in [3.63, 3.8) is 0 Å². The van der Waals surface area contributed by atoms with Crippen LogP contribution in [0.2, 0.25) is 0 Å². The van der Waals surface area contributed by atoms with E-state index in [0.717, 1.165) is 43.0 Å². The fraction of sp³-hybridized carbons (Fsp3) is 0.283.